The summed E-state index contributed by atoms with van der Waals surface area (Å²) in [6, 6.07) is 12.6. The van der Waals surface area contributed by atoms with E-state index in [9.17, 15) is 27.2 Å². The van der Waals surface area contributed by atoms with E-state index in [2.05, 4.69) is 10.6 Å². The summed E-state index contributed by atoms with van der Waals surface area (Å²) in [5, 5.41) is 6.49. The molecule has 2 aliphatic heterocycles. The molecular weight excluding hydrogens is 632 g/mol. The molecule has 0 radical (unpaired) electrons. The zero-order chi connectivity index (χ0) is 32.2. The number of carbonyl (C=O) groups is 3. The lowest BCUT2D eigenvalue weighted by Crippen LogP contribution is -2.57. The minimum atomic E-state index is -3.89. The number of nitrogens with one attached hydrogen (secondary N) is 3. The van der Waals surface area contributed by atoms with Crippen molar-refractivity contribution in [2.75, 3.05) is 11.1 Å². The molecule has 9 nitrogen and oxygen atoms in total. The summed E-state index contributed by atoms with van der Waals surface area (Å²) >= 11 is 12.8. The fraction of sp³-hybridized carbons (Fsp3) is 0.323. The molecule has 0 saturated carbocycles. The van der Waals surface area contributed by atoms with E-state index in [1.807, 2.05) is 4.72 Å². The Balaban J connectivity index is 1.74. The Kier molecular flexibility index (Phi) is 8.19. The third kappa shape index (κ3) is 5.52. The second-order valence-electron chi connectivity index (χ2n) is 11.4. The zero-order valence-corrected chi connectivity index (χ0v) is 26.6. The van der Waals surface area contributed by atoms with E-state index in [0.717, 1.165) is 0 Å². The van der Waals surface area contributed by atoms with Gasteiger partial charge in [0.1, 0.15) is 17.0 Å². The molecule has 232 valence electrons. The van der Waals surface area contributed by atoms with E-state index in [-0.39, 0.29) is 22.9 Å². The monoisotopic (exact) mass is 661 g/mol. The van der Waals surface area contributed by atoms with Crippen LogP contribution >= 0.6 is 23.2 Å². The van der Waals surface area contributed by atoms with E-state index >= 15 is 0 Å². The van der Waals surface area contributed by atoms with E-state index in [1.165, 1.54) is 45.0 Å². The minimum absolute atomic E-state index is 0.104. The molecule has 3 amide bonds. The topological polar surface area (TPSA) is 131 Å². The fourth-order valence-corrected chi connectivity index (χ4v) is 7.01. The van der Waals surface area contributed by atoms with Crippen LogP contribution in [0.3, 0.4) is 0 Å². The van der Waals surface area contributed by atoms with Crippen LogP contribution < -0.4 is 20.1 Å². The number of ether oxygens (including phenoxy) is 1. The lowest BCUT2D eigenvalue weighted by molar-refractivity contribution is -0.133. The fourth-order valence-electron chi connectivity index (χ4n) is 5.99. The Hall–Kier alpha value is -3.67. The van der Waals surface area contributed by atoms with Crippen LogP contribution in [0.5, 0.6) is 5.75 Å². The van der Waals surface area contributed by atoms with Crippen molar-refractivity contribution in [2.45, 2.75) is 57.1 Å². The number of hydrogen-bond donors (Lipinski definition) is 3. The number of halogens is 3. The largest absolute Gasteiger partial charge is 0.478 e. The van der Waals surface area contributed by atoms with Gasteiger partial charge in [-0.05, 0) is 86.8 Å². The van der Waals surface area contributed by atoms with Gasteiger partial charge in [-0.1, -0.05) is 35.3 Å². The van der Waals surface area contributed by atoms with E-state index in [1.54, 1.807) is 37.3 Å². The van der Waals surface area contributed by atoms with Gasteiger partial charge in [-0.3, -0.25) is 14.4 Å². The molecule has 44 heavy (non-hydrogen) atoms. The molecular formula is C31H30Cl2FN3O6S. The molecule has 3 aromatic carbocycles. The molecule has 13 heteroatoms. The first-order valence-corrected chi connectivity index (χ1v) is 16.2. The normalized spacial score (nSPS) is 21.4. The van der Waals surface area contributed by atoms with Crippen molar-refractivity contribution in [3.05, 3.63) is 92.7 Å². The Labute approximate surface area is 264 Å². The van der Waals surface area contributed by atoms with Crippen LogP contribution in [0.4, 0.5) is 10.1 Å². The summed E-state index contributed by atoms with van der Waals surface area (Å²) < 4.78 is 47.2. The SMILES string of the molecule is CCS(=O)(=O)NC(=O)C(C)(C)Oc1ccc(Cl)cc1[C@H]1CC(=O)N[C@@H](c2cc(F)ccc2C)C12C(=O)Nc1cc(Cl)ccc12. The van der Waals surface area contributed by atoms with E-state index < -0.39 is 56.5 Å². The Morgan fingerprint density at radius 2 is 1.75 bits per heavy atom. The molecule has 2 heterocycles. The van der Waals surface area contributed by atoms with Crippen molar-refractivity contribution in [3.63, 3.8) is 0 Å². The lowest BCUT2D eigenvalue weighted by Gasteiger charge is -2.47. The quantitative estimate of drug-likeness (QED) is 0.315. The smallest absolute Gasteiger partial charge is 0.277 e. The highest BCUT2D eigenvalue weighted by molar-refractivity contribution is 7.90. The Morgan fingerprint density at radius 3 is 2.45 bits per heavy atom. The third-order valence-corrected chi connectivity index (χ3v) is 9.92. The number of fused-ring (bicyclic) bond motifs is 2. The predicted molar refractivity (Wildman–Crippen MR) is 165 cm³/mol. The van der Waals surface area contributed by atoms with Crippen molar-refractivity contribution in [1.29, 1.82) is 0 Å². The molecule has 3 N–H and O–H groups in total. The maximum atomic E-state index is 14.7. The highest BCUT2D eigenvalue weighted by atomic mass is 35.5. The molecule has 0 bridgehead atoms. The van der Waals surface area contributed by atoms with Crippen LogP contribution in [-0.2, 0) is 29.8 Å². The summed E-state index contributed by atoms with van der Waals surface area (Å²) in [5.41, 5.74) is -0.952. The number of anilines is 1. The van der Waals surface area contributed by atoms with Gasteiger partial charge in [-0.25, -0.2) is 17.5 Å². The number of sulfonamides is 1. The van der Waals surface area contributed by atoms with E-state index in [4.69, 9.17) is 27.9 Å². The van der Waals surface area contributed by atoms with E-state index in [0.29, 0.717) is 33.0 Å². The average Bonchev–Trinajstić information content (AvgIpc) is 3.22. The van der Waals surface area contributed by atoms with Crippen molar-refractivity contribution in [3.8, 4) is 5.75 Å². The first kappa shape index (κ1) is 31.7. The molecule has 0 aromatic heterocycles. The van der Waals surface area contributed by atoms with Gasteiger partial charge in [-0.15, -0.1) is 0 Å². The average molecular weight is 663 g/mol. The standard InChI is InChI=1S/C31H30Cl2FN3O6S/c1-5-44(41,42)37-28(39)30(3,4)43-25-11-8-17(32)12-21(25)23-15-26(38)36-27(20-14-19(34)9-6-16(20)2)31(23)22-10-7-18(33)13-24(22)35-29(31)40/h6-14,23,27H,5,15H2,1-4H3,(H,35,40)(H,36,38)(H,37,39)/t23-,27+,31?/m1/s1. The van der Waals surface area contributed by atoms with Crippen molar-refractivity contribution in [1.82, 2.24) is 10.0 Å². The predicted octanol–water partition coefficient (Wildman–Crippen LogP) is 5.30. The van der Waals surface area contributed by atoms with Gasteiger partial charge in [0.05, 0.1) is 11.8 Å². The highest BCUT2D eigenvalue weighted by Gasteiger charge is 2.62. The first-order valence-electron chi connectivity index (χ1n) is 13.8. The van der Waals surface area contributed by atoms with Gasteiger partial charge in [0.25, 0.3) is 5.91 Å². The molecule has 1 saturated heterocycles. The highest BCUT2D eigenvalue weighted by Crippen LogP contribution is 2.59. The van der Waals surface area contributed by atoms with Gasteiger partial charge in [0, 0.05) is 33.6 Å². The van der Waals surface area contributed by atoms with Crippen molar-refractivity contribution in [2.24, 2.45) is 0 Å². The summed E-state index contributed by atoms with van der Waals surface area (Å²) in [5.74, 6) is -3.51. The number of amides is 3. The summed E-state index contributed by atoms with van der Waals surface area (Å²) in [6.45, 7) is 5.94. The first-order chi connectivity index (χ1) is 20.6. The number of rotatable bonds is 7. The van der Waals surface area contributed by atoms with Crippen molar-refractivity contribution < 1.29 is 31.9 Å². The molecule has 1 spiro atoms. The minimum Gasteiger partial charge on any atom is -0.478 e. The molecule has 5 rings (SSSR count). The Bertz CT molecular complexity index is 1820. The van der Waals surface area contributed by atoms with Crippen LogP contribution in [0, 0.1) is 12.7 Å². The summed E-state index contributed by atoms with van der Waals surface area (Å²) in [6.07, 6.45) is -0.201. The number of piperidine rings is 1. The maximum Gasteiger partial charge on any atom is 0.277 e. The number of aryl methyl sites for hydroxylation is 1. The molecule has 1 fully saturated rings. The lowest BCUT2D eigenvalue weighted by atomic mass is 9.59. The molecule has 0 aliphatic carbocycles. The van der Waals surface area contributed by atoms with Crippen LogP contribution in [0.25, 0.3) is 0 Å². The van der Waals surface area contributed by atoms with Crippen LogP contribution in [0.2, 0.25) is 10.0 Å². The van der Waals surface area contributed by atoms with Gasteiger partial charge < -0.3 is 15.4 Å². The molecule has 2 aliphatic rings. The second kappa shape index (κ2) is 11.4. The summed E-state index contributed by atoms with van der Waals surface area (Å²) in [7, 11) is -3.89. The number of carbonyl (C=O) groups excluding carboxylic acids is 3. The van der Waals surface area contributed by atoms with Crippen LogP contribution in [0.15, 0.2) is 54.6 Å². The van der Waals surface area contributed by atoms with Crippen LogP contribution in [0.1, 0.15) is 61.4 Å². The Morgan fingerprint density at radius 1 is 1.07 bits per heavy atom. The molecule has 3 aromatic rings. The van der Waals surface area contributed by atoms with Gasteiger partial charge in [0.2, 0.25) is 21.8 Å². The van der Waals surface area contributed by atoms with Gasteiger partial charge >= 0.3 is 0 Å². The number of benzene rings is 3. The third-order valence-electron chi connectivity index (χ3n) is 8.19. The molecule has 1 unspecified atom stereocenters. The van der Waals surface area contributed by atoms with Crippen molar-refractivity contribution >= 4 is 56.6 Å². The van der Waals surface area contributed by atoms with Crippen LogP contribution in [-0.4, -0.2) is 37.5 Å². The zero-order valence-electron chi connectivity index (χ0n) is 24.3. The molecule has 3 atom stereocenters. The van der Waals surface area contributed by atoms with Gasteiger partial charge in [-0.2, -0.15) is 0 Å². The summed E-state index contributed by atoms with van der Waals surface area (Å²) in [4.78, 5) is 40.9. The van der Waals surface area contributed by atoms with Gasteiger partial charge in [0.15, 0.2) is 5.60 Å². The number of hydrogen-bond acceptors (Lipinski definition) is 6. The second-order valence-corrected chi connectivity index (χ2v) is 14.3. The maximum absolute atomic E-state index is 14.7.